The molecule has 23 heavy (non-hydrogen) atoms. The number of aromatic nitrogens is 5. The van der Waals surface area contributed by atoms with Crippen LogP contribution in [0.3, 0.4) is 0 Å². The molecule has 4 N–H and O–H groups in total. The third-order valence-electron chi connectivity index (χ3n) is 1.83. The second kappa shape index (κ2) is 13.7. The van der Waals surface area contributed by atoms with Crippen molar-refractivity contribution in [2.24, 2.45) is 0 Å². The molecule has 0 radical (unpaired) electrons. The molecule has 2 heterocycles. The van der Waals surface area contributed by atoms with Gasteiger partial charge in [0.25, 0.3) is 0 Å². The third-order valence-corrected chi connectivity index (χ3v) is 1.83. The van der Waals surface area contributed by atoms with Crippen molar-refractivity contribution in [2.75, 3.05) is 0 Å². The van der Waals surface area contributed by atoms with Crippen LogP contribution in [0, 0.1) is 6.92 Å². The first-order chi connectivity index (χ1) is 10.9. The van der Waals surface area contributed by atoms with E-state index in [2.05, 4.69) is 30.0 Å². The second-order valence-electron chi connectivity index (χ2n) is 3.48. The van der Waals surface area contributed by atoms with Gasteiger partial charge in [-0.2, -0.15) is 0 Å². The van der Waals surface area contributed by atoms with Crippen molar-refractivity contribution in [1.82, 2.24) is 24.9 Å². The van der Waals surface area contributed by atoms with E-state index in [1.165, 1.54) is 0 Å². The number of rotatable bonds is 2. The monoisotopic (exact) mass is 325 g/mol. The highest BCUT2D eigenvalue weighted by molar-refractivity contribution is 6.09. The number of aromatic amines is 4. The molecule has 0 aliphatic heterocycles. The average molecular weight is 325 g/mol. The summed E-state index contributed by atoms with van der Waals surface area (Å²) in [5.74, 6) is 1.07. The van der Waals surface area contributed by atoms with Gasteiger partial charge < -0.3 is 4.98 Å². The SMILES string of the molecule is C=C.CCc1nc(C)c[nH]1.O=CC=O.O=c1[nH]c(=O)[nH]c(=O)[nH]1. The van der Waals surface area contributed by atoms with E-state index < -0.39 is 17.1 Å². The normalized spacial score (nSPS) is 8.09. The lowest BCUT2D eigenvalue weighted by molar-refractivity contribution is -0.122. The summed E-state index contributed by atoms with van der Waals surface area (Å²) in [5, 5.41) is 0. The Morgan fingerprint density at radius 3 is 1.57 bits per heavy atom. The summed E-state index contributed by atoms with van der Waals surface area (Å²) in [6.07, 6.45) is 3.30. The summed E-state index contributed by atoms with van der Waals surface area (Å²) in [6, 6.07) is 0. The van der Waals surface area contributed by atoms with E-state index in [0.29, 0.717) is 0 Å². The van der Waals surface area contributed by atoms with Gasteiger partial charge >= 0.3 is 17.1 Å². The fourth-order valence-corrected chi connectivity index (χ4v) is 1.05. The van der Waals surface area contributed by atoms with Gasteiger partial charge in [0.2, 0.25) is 0 Å². The van der Waals surface area contributed by atoms with Crippen molar-refractivity contribution < 1.29 is 9.59 Å². The number of nitrogens with one attached hydrogen (secondary N) is 4. The molecule has 10 heteroatoms. The Morgan fingerprint density at radius 1 is 1.00 bits per heavy atom. The topological polar surface area (TPSA) is 161 Å². The molecule has 0 amide bonds. The smallest absolute Gasteiger partial charge is 0.330 e. The molecule has 2 aromatic heterocycles. The van der Waals surface area contributed by atoms with Crippen LogP contribution in [-0.2, 0) is 16.0 Å². The number of hydrogen-bond acceptors (Lipinski definition) is 6. The van der Waals surface area contributed by atoms with E-state index in [4.69, 9.17) is 9.59 Å². The van der Waals surface area contributed by atoms with Gasteiger partial charge in [-0.25, -0.2) is 19.4 Å². The van der Waals surface area contributed by atoms with Crippen molar-refractivity contribution in [3.8, 4) is 0 Å². The molecule has 0 fully saturated rings. The summed E-state index contributed by atoms with van der Waals surface area (Å²) in [5.41, 5.74) is -1.34. The molecule has 10 nitrogen and oxygen atoms in total. The van der Waals surface area contributed by atoms with E-state index in [0.717, 1.165) is 17.9 Å². The number of carbonyl (C=O) groups is 2. The number of aldehydes is 2. The lowest BCUT2D eigenvalue weighted by atomic mass is 10.5. The van der Waals surface area contributed by atoms with Crippen molar-refractivity contribution in [3.05, 3.63) is 62.3 Å². The Labute approximate surface area is 130 Å². The zero-order chi connectivity index (χ0) is 18.3. The maximum Gasteiger partial charge on any atom is 0.330 e. The predicted octanol–water partition coefficient (Wildman–Crippen LogP) is -0.782. The molecule has 0 atom stereocenters. The zero-order valence-corrected chi connectivity index (χ0v) is 12.8. The molecule has 0 bridgehead atoms. The van der Waals surface area contributed by atoms with Gasteiger partial charge in [0.15, 0.2) is 12.6 Å². The van der Waals surface area contributed by atoms with Crippen LogP contribution in [0.4, 0.5) is 0 Å². The highest BCUT2D eigenvalue weighted by atomic mass is 16.2. The minimum Gasteiger partial charge on any atom is -0.348 e. The van der Waals surface area contributed by atoms with Crippen LogP contribution < -0.4 is 17.1 Å². The first-order valence-electron chi connectivity index (χ1n) is 6.25. The average Bonchev–Trinajstić information content (AvgIpc) is 2.94. The highest BCUT2D eigenvalue weighted by Crippen LogP contribution is 1.93. The first kappa shape index (κ1) is 22.0. The molecule has 0 aliphatic rings. The highest BCUT2D eigenvalue weighted by Gasteiger charge is 1.89. The Hall–Kier alpha value is -3.30. The van der Waals surface area contributed by atoms with Crippen molar-refractivity contribution in [2.45, 2.75) is 20.3 Å². The molecular weight excluding hydrogens is 306 g/mol. The summed E-state index contributed by atoms with van der Waals surface area (Å²) in [7, 11) is 0. The lowest BCUT2D eigenvalue weighted by Gasteiger charge is -1.80. The van der Waals surface area contributed by atoms with Crippen molar-refractivity contribution in [3.63, 3.8) is 0 Å². The molecule has 0 aromatic carbocycles. The van der Waals surface area contributed by atoms with Gasteiger partial charge in [-0.3, -0.25) is 24.5 Å². The fourth-order valence-electron chi connectivity index (χ4n) is 1.05. The first-order valence-corrected chi connectivity index (χ1v) is 6.25. The van der Waals surface area contributed by atoms with Crippen LogP contribution in [0.5, 0.6) is 0 Å². The molecular formula is C13H19N5O5. The summed E-state index contributed by atoms with van der Waals surface area (Å²) in [6.45, 7) is 10.1. The number of hydrogen-bond donors (Lipinski definition) is 4. The van der Waals surface area contributed by atoms with Gasteiger partial charge in [0.1, 0.15) is 5.82 Å². The predicted molar refractivity (Wildman–Crippen MR) is 84.4 cm³/mol. The van der Waals surface area contributed by atoms with Gasteiger partial charge in [-0.05, 0) is 6.92 Å². The Balaban J connectivity index is 0. The minimum atomic E-state index is -0.802. The molecule has 0 saturated heterocycles. The number of nitrogens with zero attached hydrogens (tertiary/aromatic N) is 1. The quantitative estimate of drug-likeness (QED) is 0.321. The van der Waals surface area contributed by atoms with Gasteiger partial charge in [0.05, 0.1) is 5.69 Å². The lowest BCUT2D eigenvalue weighted by Crippen LogP contribution is -2.34. The van der Waals surface area contributed by atoms with E-state index in [1.54, 1.807) is 15.0 Å². The molecule has 126 valence electrons. The van der Waals surface area contributed by atoms with Gasteiger partial charge in [-0.1, -0.05) is 6.92 Å². The maximum absolute atomic E-state index is 10.2. The number of carbonyl (C=O) groups excluding carboxylic acids is 2. The van der Waals surface area contributed by atoms with Crippen molar-refractivity contribution >= 4 is 12.6 Å². The van der Waals surface area contributed by atoms with Crippen LogP contribution in [0.2, 0.25) is 0 Å². The summed E-state index contributed by atoms with van der Waals surface area (Å²) >= 11 is 0. The van der Waals surface area contributed by atoms with E-state index in [1.807, 2.05) is 13.1 Å². The molecule has 0 saturated carbocycles. The zero-order valence-electron chi connectivity index (χ0n) is 12.8. The van der Waals surface area contributed by atoms with Crippen LogP contribution in [0.25, 0.3) is 0 Å². The van der Waals surface area contributed by atoms with Crippen LogP contribution in [0.15, 0.2) is 33.7 Å². The molecule has 0 unspecified atom stereocenters. The second-order valence-corrected chi connectivity index (χ2v) is 3.48. The molecule has 2 rings (SSSR count). The number of imidazole rings is 1. The fraction of sp³-hybridized carbons (Fsp3) is 0.231. The third kappa shape index (κ3) is 12.2. The standard InChI is InChI=1S/C6H10N2.C3H3N3O3.C2H2O2.C2H4/c1-3-6-7-4-5(2)8-6;7-1-4-2(8)6-3(9)5-1;3-1-2-4;1-2/h4H,3H2,1-2H3,(H,7,8);(H3,4,5,6,7,8,9);1-2H;1-2H2. The van der Waals surface area contributed by atoms with Crippen molar-refractivity contribution in [1.29, 1.82) is 0 Å². The van der Waals surface area contributed by atoms with E-state index in [-0.39, 0.29) is 12.6 Å². The van der Waals surface area contributed by atoms with Gasteiger partial charge in [0, 0.05) is 12.6 Å². The maximum atomic E-state index is 10.2. The van der Waals surface area contributed by atoms with Crippen LogP contribution in [0.1, 0.15) is 18.4 Å². The van der Waals surface area contributed by atoms with Gasteiger partial charge in [-0.15, -0.1) is 13.2 Å². The van der Waals surface area contributed by atoms with E-state index >= 15 is 0 Å². The molecule has 0 spiro atoms. The van der Waals surface area contributed by atoms with Crippen LogP contribution >= 0.6 is 0 Å². The Kier molecular flexibility index (Phi) is 13.1. The summed E-state index contributed by atoms with van der Waals surface area (Å²) in [4.78, 5) is 60.7. The van der Waals surface area contributed by atoms with E-state index in [9.17, 15) is 14.4 Å². The number of aryl methyl sites for hydroxylation is 2. The Morgan fingerprint density at radius 2 is 1.39 bits per heavy atom. The largest absolute Gasteiger partial charge is 0.348 e. The van der Waals surface area contributed by atoms with Crippen LogP contribution in [-0.4, -0.2) is 37.5 Å². The number of H-pyrrole nitrogens is 4. The Bertz CT molecular complexity index is 655. The minimum absolute atomic E-state index is 0.194. The molecule has 2 aromatic rings. The summed E-state index contributed by atoms with van der Waals surface area (Å²) < 4.78 is 0. The molecule has 0 aliphatic carbocycles.